The van der Waals surface area contributed by atoms with Crippen molar-refractivity contribution in [1.29, 1.82) is 0 Å². The summed E-state index contributed by atoms with van der Waals surface area (Å²) in [7, 11) is 1.56. The van der Waals surface area contributed by atoms with Gasteiger partial charge in [0.25, 0.3) is 11.8 Å². The molecule has 3 N–H and O–H groups in total. The smallest absolute Gasteiger partial charge is 0.257 e. The fourth-order valence-corrected chi connectivity index (χ4v) is 2.87. The van der Waals surface area contributed by atoms with Gasteiger partial charge >= 0.3 is 0 Å². The van der Waals surface area contributed by atoms with Crippen LogP contribution in [0.4, 0.5) is 5.69 Å². The molecule has 2 rings (SSSR count). The SMILES string of the molecule is COCCNC(=O)c1cccc(NC(=S)NC(=O)c2cc(Cl)cc(Cl)c2)c1. The van der Waals surface area contributed by atoms with Gasteiger partial charge in [0.05, 0.1) is 6.61 Å². The highest BCUT2D eigenvalue weighted by Crippen LogP contribution is 2.19. The number of carbonyl (C=O) groups is 2. The Balaban J connectivity index is 1.98. The van der Waals surface area contributed by atoms with E-state index in [2.05, 4.69) is 16.0 Å². The molecule has 6 nitrogen and oxygen atoms in total. The average Bonchev–Trinajstić information content (AvgIpc) is 2.61. The molecule has 0 saturated carbocycles. The van der Waals surface area contributed by atoms with Crippen LogP contribution in [0.25, 0.3) is 0 Å². The van der Waals surface area contributed by atoms with E-state index in [1.165, 1.54) is 18.2 Å². The lowest BCUT2D eigenvalue weighted by molar-refractivity contribution is 0.0935. The predicted octanol–water partition coefficient (Wildman–Crippen LogP) is 3.50. The summed E-state index contributed by atoms with van der Waals surface area (Å²) in [6.45, 7) is 0.830. The molecule has 9 heteroatoms. The molecule has 2 amide bonds. The average molecular weight is 426 g/mol. The fraction of sp³-hybridized carbons (Fsp3) is 0.167. The van der Waals surface area contributed by atoms with Gasteiger partial charge < -0.3 is 15.4 Å². The van der Waals surface area contributed by atoms with Crippen LogP contribution >= 0.6 is 35.4 Å². The third-order valence-electron chi connectivity index (χ3n) is 3.33. The minimum Gasteiger partial charge on any atom is -0.383 e. The van der Waals surface area contributed by atoms with Crippen LogP contribution in [-0.4, -0.2) is 37.2 Å². The number of ether oxygens (including phenoxy) is 1. The van der Waals surface area contributed by atoms with E-state index in [1.54, 1.807) is 31.4 Å². The van der Waals surface area contributed by atoms with Crippen LogP contribution < -0.4 is 16.0 Å². The van der Waals surface area contributed by atoms with Gasteiger partial charge in [0.1, 0.15) is 0 Å². The second-order valence-electron chi connectivity index (χ2n) is 5.40. The van der Waals surface area contributed by atoms with Gasteiger partial charge in [-0.25, -0.2) is 0 Å². The predicted molar refractivity (Wildman–Crippen MR) is 111 cm³/mol. The molecule has 2 aromatic rings. The molecule has 27 heavy (non-hydrogen) atoms. The molecule has 0 aromatic heterocycles. The highest BCUT2D eigenvalue weighted by Gasteiger charge is 2.11. The summed E-state index contributed by atoms with van der Waals surface area (Å²) in [6, 6.07) is 11.2. The summed E-state index contributed by atoms with van der Waals surface area (Å²) >= 11 is 16.9. The number of amides is 2. The molecule has 0 fully saturated rings. The van der Waals surface area contributed by atoms with Crippen molar-refractivity contribution in [3.8, 4) is 0 Å². The van der Waals surface area contributed by atoms with Crippen molar-refractivity contribution in [2.75, 3.05) is 25.6 Å². The zero-order chi connectivity index (χ0) is 19.8. The number of thiocarbonyl (C=S) groups is 1. The van der Waals surface area contributed by atoms with Gasteiger partial charge in [-0.1, -0.05) is 29.3 Å². The van der Waals surface area contributed by atoms with E-state index in [9.17, 15) is 9.59 Å². The molecule has 0 spiro atoms. The van der Waals surface area contributed by atoms with Crippen LogP contribution in [0.3, 0.4) is 0 Å². The van der Waals surface area contributed by atoms with Gasteiger partial charge in [-0.3, -0.25) is 14.9 Å². The second-order valence-corrected chi connectivity index (χ2v) is 6.68. The molecular formula is C18H17Cl2N3O3S. The number of hydrogen-bond acceptors (Lipinski definition) is 4. The van der Waals surface area contributed by atoms with E-state index in [4.69, 9.17) is 40.2 Å². The van der Waals surface area contributed by atoms with Crippen molar-refractivity contribution in [3.05, 3.63) is 63.6 Å². The van der Waals surface area contributed by atoms with Gasteiger partial charge in [0.2, 0.25) is 0 Å². The quantitative estimate of drug-likeness (QED) is 0.487. The summed E-state index contributed by atoms with van der Waals surface area (Å²) in [5.74, 6) is -0.690. The molecular weight excluding hydrogens is 409 g/mol. The molecule has 0 radical (unpaired) electrons. The maximum Gasteiger partial charge on any atom is 0.257 e. The number of carbonyl (C=O) groups excluding carboxylic acids is 2. The maximum atomic E-state index is 12.2. The lowest BCUT2D eigenvalue weighted by Gasteiger charge is -2.11. The first kappa shape index (κ1) is 21.1. The van der Waals surface area contributed by atoms with Crippen molar-refractivity contribution in [2.24, 2.45) is 0 Å². The van der Waals surface area contributed by atoms with Crippen molar-refractivity contribution in [3.63, 3.8) is 0 Å². The van der Waals surface area contributed by atoms with E-state index in [-0.39, 0.29) is 16.6 Å². The summed E-state index contributed by atoms with van der Waals surface area (Å²) in [5, 5.41) is 8.89. The first-order valence-electron chi connectivity index (χ1n) is 7.84. The van der Waals surface area contributed by atoms with Crippen LogP contribution in [0.2, 0.25) is 10.0 Å². The summed E-state index contributed by atoms with van der Waals surface area (Å²) in [5.41, 5.74) is 1.29. The Hall–Kier alpha value is -2.19. The van der Waals surface area contributed by atoms with Crippen LogP contribution in [-0.2, 0) is 4.74 Å². The van der Waals surface area contributed by atoms with Gasteiger partial charge in [-0.2, -0.15) is 0 Å². The zero-order valence-electron chi connectivity index (χ0n) is 14.3. The van der Waals surface area contributed by atoms with Crippen LogP contribution in [0, 0.1) is 0 Å². The Bertz CT molecular complexity index is 841. The Morgan fingerprint density at radius 1 is 1.04 bits per heavy atom. The largest absolute Gasteiger partial charge is 0.383 e. The Morgan fingerprint density at radius 2 is 1.74 bits per heavy atom. The molecule has 142 valence electrons. The second kappa shape index (κ2) is 10.2. The first-order valence-corrected chi connectivity index (χ1v) is 9.01. The summed E-state index contributed by atoms with van der Waals surface area (Å²) in [6.07, 6.45) is 0. The van der Waals surface area contributed by atoms with Gasteiger partial charge in [-0.05, 0) is 48.6 Å². The standard InChI is InChI=1S/C18H17Cl2N3O3S/c1-26-6-5-21-16(24)11-3-2-4-15(9-11)22-18(27)23-17(25)12-7-13(19)10-14(20)8-12/h2-4,7-10H,5-6H2,1H3,(H,21,24)(H2,22,23,25,27). The highest BCUT2D eigenvalue weighted by atomic mass is 35.5. The maximum absolute atomic E-state index is 12.2. The van der Waals surface area contributed by atoms with Gasteiger partial charge in [0, 0.05) is 40.5 Å². The number of hydrogen-bond donors (Lipinski definition) is 3. The number of nitrogens with one attached hydrogen (secondary N) is 3. The Labute approximate surface area is 172 Å². The van der Waals surface area contributed by atoms with Crippen molar-refractivity contribution in [1.82, 2.24) is 10.6 Å². The fourth-order valence-electron chi connectivity index (χ4n) is 2.13. The molecule has 0 aliphatic heterocycles. The number of anilines is 1. The molecule has 2 aromatic carbocycles. The third-order valence-corrected chi connectivity index (χ3v) is 3.97. The van der Waals surface area contributed by atoms with E-state index in [1.807, 2.05) is 0 Å². The zero-order valence-corrected chi connectivity index (χ0v) is 16.7. The van der Waals surface area contributed by atoms with Gasteiger partial charge in [-0.15, -0.1) is 0 Å². The van der Waals surface area contributed by atoms with Gasteiger partial charge in [0.15, 0.2) is 5.11 Å². The number of benzene rings is 2. The van der Waals surface area contributed by atoms with Crippen molar-refractivity contribution >= 4 is 58.0 Å². The lowest BCUT2D eigenvalue weighted by atomic mass is 10.2. The summed E-state index contributed by atoms with van der Waals surface area (Å²) in [4.78, 5) is 24.3. The lowest BCUT2D eigenvalue weighted by Crippen LogP contribution is -2.34. The van der Waals surface area contributed by atoms with Crippen LogP contribution in [0.5, 0.6) is 0 Å². The molecule has 0 bridgehead atoms. The molecule has 0 aliphatic carbocycles. The molecule has 0 saturated heterocycles. The monoisotopic (exact) mass is 425 g/mol. The first-order chi connectivity index (χ1) is 12.9. The van der Waals surface area contributed by atoms with Crippen LogP contribution in [0.15, 0.2) is 42.5 Å². The summed E-state index contributed by atoms with van der Waals surface area (Å²) < 4.78 is 4.89. The molecule has 0 unspecified atom stereocenters. The van der Waals surface area contributed by atoms with E-state index in [0.717, 1.165) is 0 Å². The van der Waals surface area contributed by atoms with E-state index < -0.39 is 5.91 Å². The minimum atomic E-state index is -0.453. The van der Waals surface area contributed by atoms with Crippen molar-refractivity contribution in [2.45, 2.75) is 0 Å². The number of halogens is 2. The topological polar surface area (TPSA) is 79.5 Å². The Kier molecular flexibility index (Phi) is 7.99. The van der Waals surface area contributed by atoms with E-state index >= 15 is 0 Å². The van der Waals surface area contributed by atoms with Crippen LogP contribution in [0.1, 0.15) is 20.7 Å². The molecule has 0 aliphatic rings. The molecule has 0 heterocycles. The number of rotatable bonds is 6. The van der Waals surface area contributed by atoms with E-state index in [0.29, 0.717) is 34.4 Å². The normalized spacial score (nSPS) is 10.2. The Morgan fingerprint density at radius 3 is 2.41 bits per heavy atom. The molecule has 0 atom stereocenters. The highest BCUT2D eigenvalue weighted by molar-refractivity contribution is 7.80. The number of methoxy groups -OCH3 is 1. The minimum absolute atomic E-state index is 0.0769. The third kappa shape index (κ3) is 6.80. The van der Waals surface area contributed by atoms with Crippen molar-refractivity contribution < 1.29 is 14.3 Å².